The van der Waals surface area contributed by atoms with E-state index in [9.17, 15) is 22.8 Å². The first-order valence-corrected chi connectivity index (χ1v) is 12.6. The topological polar surface area (TPSA) is 115 Å². The molecule has 11 heteroatoms. The molecule has 0 saturated carbocycles. The van der Waals surface area contributed by atoms with E-state index in [1.54, 1.807) is 30.1 Å². The van der Waals surface area contributed by atoms with Gasteiger partial charge in [0, 0.05) is 43.4 Å². The summed E-state index contributed by atoms with van der Waals surface area (Å²) in [7, 11) is 0. The Morgan fingerprint density at radius 3 is 2.38 bits per heavy atom. The lowest BCUT2D eigenvalue weighted by Gasteiger charge is -2.19. The standard InChI is InChI=1S/C29H29F3N6O2/c1-19(28(40)36-26(27(33)39)14-20-6-3-2-4-7-20)16-35-18-24-15-25(21-8-5-13-34-17-21)37-38(24)23-11-9-22(10-12-23)29(30,31)32/h2-13,15,17,19,26,35H,14,16,18H2,1H3,(H2,33,39)(H,36,40)/t19?,26-/m0/s1. The smallest absolute Gasteiger partial charge is 0.368 e. The number of amides is 2. The van der Waals surface area contributed by atoms with Gasteiger partial charge >= 0.3 is 6.18 Å². The number of aromatic nitrogens is 3. The fraction of sp³-hybridized carbons (Fsp3) is 0.241. The zero-order chi connectivity index (χ0) is 28.7. The highest BCUT2D eigenvalue weighted by atomic mass is 19.4. The Balaban J connectivity index is 1.44. The third-order valence-electron chi connectivity index (χ3n) is 6.33. The van der Waals surface area contributed by atoms with Crippen molar-refractivity contribution in [3.05, 3.63) is 102 Å². The molecule has 2 aromatic heterocycles. The van der Waals surface area contributed by atoms with Crippen LogP contribution in [0.1, 0.15) is 23.7 Å². The molecule has 0 bridgehead atoms. The number of halogens is 3. The van der Waals surface area contributed by atoms with Gasteiger partial charge in [0.15, 0.2) is 0 Å². The number of nitrogens with zero attached hydrogens (tertiary/aromatic N) is 3. The van der Waals surface area contributed by atoms with Gasteiger partial charge in [0.05, 0.1) is 22.6 Å². The summed E-state index contributed by atoms with van der Waals surface area (Å²) >= 11 is 0. The average Bonchev–Trinajstić information content (AvgIpc) is 3.37. The van der Waals surface area contributed by atoms with Crippen molar-refractivity contribution in [3.8, 4) is 16.9 Å². The zero-order valence-corrected chi connectivity index (χ0v) is 21.7. The van der Waals surface area contributed by atoms with Gasteiger partial charge in [0.1, 0.15) is 6.04 Å². The molecule has 4 rings (SSSR count). The Kier molecular flexibility index (Phi) is 8.95. The maximum atomic E-state index is 13.1. The van der Waals surface area contributed by atoms with E-state index in [1.165, 1.54) is 12.1 Å². The number of pyridine rings is 1. The van der Waals surface area contributed by atoms with Crippen LogP contribution >= 0.6 is 0 Å². The van der Waals surface area contributed by atoms with Crippen LogP contribution in [-0.4, -0.2) is 39.2 Å². The molecule has 40 heavy (non-hydrogen) atoms. The minimum atomic E-state index is -4.45. The van der Waals surface area contributed by atoms with Crippen molar-refractivity contribution in [2.45, 2.75) is 32.1 Å². The number of alkyl halides is 3. The molecule has 2 heterocycles. The maximum Gasteiger partial charge on any atom is 0.416 e. The molecule has 2 atom stereocenters. The van der Waals surface area contributed by atoms with Crippen LogP contribution in [0, 0.1) is 5.92 Å². The quantitative estimate of drug-likeness (QED) is 0.262. The summed E-state index contributed by atoms with van der Waals surface area (Å²) in [5, 5.41) is 10.5. The summed E-state index contributed by atoms with van der Waals surface area (Å²) in [6.07, 6.45) is -0.883. The van der Waals surface area contributed by atoms with Crippen molar-refractivity contribution in [1.29, 1.82) is 0 Å². The van der Waals surface area contributed by atoms with Gasteiger partial charge in [-0.05, 0) is 48.0 Å². The number of hydrogen-bond donors (Lipinski definition) is 3. The van der Waals surface area contributed by atoms with Crippen molar-refractivity contribution < 1.29 is 22.8 Å². The average molecular weight is 551 g/mol. The lowest BCUT2D eigenvalue weighted by molar-refractivity contribution is -0.137. The van der Waals surface area contributed by atoms with Gasteiger partial charge in [-0.2, -0.15) is 18.3 Å². The van der Waals surface area contributed by atoms with Crippen molar-refractivity contribution >= 4 is 11.8 Å². The summed E-state index contributed by atoms with van der Waals surface area (Å²) < 4.78 is 40.8. The van der Waals surface area contributed by atoms with E-state index in [2.05, 4.69) is 20.7 Å². The lowest BCUT2D eigenvalue weighted by Crippen LogP contribution is -2.48. The van der Waals surface area contributed by atoms with Crippen LogP contribution in [-0.2, 0) is 28.7 Å². The number of carbonyl (C=O) groups is 2. The molecule has 1 unspecified atom stereocenters. The van der Waals surface area contributed by atoms with Crippen LogP contribution in [0.3, 0.4) is 0 Å². The monoisotopic (exact) mass is 550 g/mol. The highest BCUT2D eigenvalue weighted by Crippen LogP contribution is 2.30. The SMILES string of the molecule is CC(CNCc1cc(-c2cccnc2)nn1-c1ccc(C(F)(F)F)cc1)C(=O)N[C@@H](Cc1ccccc1)C(N)=O. The molecule has 0 aliphatic rings. The number of hydrogen-bond acceptors (Lipinski definition) is 5. The van der Waals surface area contributed by atoms with Crippen LogP contribution in [0.5, 0.6) is 0 Å². The highest BCUT2D eigenvalue weighted by molar-refractivity contribution is 5.87. The molecule has 0 saturated heterocycles. The Hall–Kier alpha value is -4.51. The summed E-state index contributed by atoms with van der Waals surface area (Å²) in [5.74, 6) is -1.46. The minimum Gasteiger partial charge on any atom is -0.368 e. The molecule has 0 spiro atoms. The number of nitrogens with one attached hydrogen (secondary N) is 2. The number of carbonyl (C=O) groups excluding carboxylic acids is 2. The Labute approximate surface area is 229 Å². The van der Waals surface area contributed by atoms with Gasteiger partial charge in [-0.1, -0.05) is 37.3 Å². The maximum absolute atomic E-state index is 13.1. The van der Waals surface area contributed by atoms with Gasteiger partial charge in [0.25, 0.3) is 0 Å². The number of primary amides is 1. The largest absolute Gasteiger partial charge is 0.416 e. The Morgan fingerprint density at radius 2 is 1.75 bits per heavy atom. The fourth-order valence-corrected chi connectivity index (χ4v) is 4.11. The second-order valence-electron chi connectivity index (χ2n) is 9.40. The van der Waals surface area contributed by atoms with Crippen molar-refractivity contribution in [1.82, 2.24) is 25.4 Å². The third-order valence-corrected chi connectivity index (χ3v) is 6.33. The van der Waals surface area contributed by atoms with E-state index in [-0.39, 0.29) is 25.4 Å². The number of rotatable bonds is 11. The first kappa shape index (κ1) is 28.5. The predicted molar refractivity (Wildman–Crippen MR) is 144 cm³/mol. The van der Waals surface area contributed by atoms with E-state index >= 15 is 0 Å². The van der Waals surface area contributed by atoms with Gasteiger partial charge < -0.3 is 16.4 Å². The van der Waals surface area contributed by atoms with E-state index in [0.29, 0.717) is 17.1 Å². The molecule has 4 N–H and O–H groups in total. The van der Waals surface area contributed by atoms with Crippen LogP contribution in [0.25, 0.3) is 16.9 Å². The summed E-state index contributed by atoms with van der Waals surface area (Å²) in [4.78, 5) is 28.9. The second kappa shape index (κ2) is 12.6. The Bertz CT molecular complexity index is 1420. The fourth-order valence-electron chi connectivity index (χ4n) is 4.11. The molecule has 4 aromatic rings. The summed E-state index contributed by atoms with van der Waals surface area (Å²) in [6.45, 7) is 2.26. The normalized spacial score (nSPS) is 13.0. The highest BCUT2D eigenvalue weighted by Gasteiger charge is 2.30. The first-order valence-electron chi connectivity index (χ1n) is 12.6. The number of nitrogens with two attached hydrogens (primary N) is 1. The van der Waals surface area contributed by atoms with E-state index < -0.39 is 29.6 Å². The molecule has 0 radical (unpaired) electrons. The van der Waals surface area contributed by atoms with Crippen molar-refractivity contribution in [2.75, 3.05) is 6.54 Å². The third kappa shape index (κ3) is 7.32. The molecule has 2 amide bonds. The van der Waals surface area contributed by atoms with Crippen LogP contribution in [0.2, 0.25) is 0 Å². The van der Waals surface area contributed by atoms with Gasteiger partial charge in [-0.15, -0.1) is 0 Å². The lowest BCUT2D eigenvalue weighted by atomic mass is 10.0. The Morgan fingerprint density at radius 1 is 1.02 bits per heavy atom. The van der Waals surface area contributed by atoms with Crippen LogP contribution in [0.15, 0.2) is 85.2 Å². The molecule has 0 aliphatic carbocycles. The molecule has 208 valence electrons. The molecular weight excluding hydrogens is 521 g/mol. The van der Waals surface area contributed by atoms with Crippen molar-refractivity contribution in [3.63, 3.8) is 0 Å². The van der Waals surface area contributed by atoms with E-state index in [1.807, 2.05) is 42.5 Å². The van der Waals surface area contributed by atoms with Gasteiger partial charge in [0.2, 0.25) is 11.8 Å². The zero-order valence-electron chi connectivity index (χ0n) is 21.7. The molecular formula is C29H29F3N6O2. The summed E-state index contributed by atoms with van der Waals surface area (Å²) in [5.41, 5.74) is 8.11. The van der Waals surface area contributed by atoms with Gasteiger partial charge in [-0.3, -0.25) is 14.6 Å². The minimum absolute atomic E-state index is 0.267. The number of benzene rings is 2. The van der Waals surface area contributed by atoms with Crippen LogP contribution < -0.4 is 16.4 Å². The van der Waals surface area contributed by atoms with E-state index in [4.69, 9.17) is 5.73 Å². The van der Waals surface area contributed by atoms with Gasteiger partial charge in [-0.25, -0.2) is 4.68 Å². The predicted octanol–water partition coefficient (Wildman–Crippen LogP) is 3.89. The van der Waals surface area contributed by atoms with E-state index in [0.717, 1.165) is 23.3 Å². The molecule has 8 nitrogen and oxygen atoms in total. The van der Waals surface area contributed by atoms with Crippen LogP contribution in [0.4, 0.5) is 13.2 Å². The molecule has 0 fully saturated rings. The first-order chi connectivity index (χ1) is 19.1. The second-order valence-corrected chi connectivity index (χ2v) is 9.40. The summed E-state index contributed by atoms with van der Waals surface area (Å²) in [6, 6.07) is 18.6. The molecule has 2 aromatic carbocycles. The molecule has 0 aliphatic heterocycles. The van der Waals surface area contributed by atoms with Crippen molar-refractivity contribution in [2.24, 2.45) is 11.7 Å².